The van der Waals surface area contributed by atoms with Gasteiger partial charge in [-0.1, -0.05) is 17.7 Å². The zero-order chi connectivity index (χ0) is 24.3. The topological polar surface area (TPSA) is 89.5 Å². The number of hydrogen-bond acceptors (Lipinski definition) is 6. The molecule has 1 saturated carbocycles. The molecule has 3 fully saturated rings. The van der Waals surface area contributed by atoms with Crippen molar-refractivity contribution in [1.29, 1.82) is 0 Å². The van der Waals surface area contributed by atoms with Crippen molar-refractivity contribution in [1.82, 2.24) is 10.2 Å². The van der Waals surface area contributed by atoms with Crippen LogP contribution in [0.1, 0.15) is 58.4 Å². The van der Waals surface area contributed by atoms with Gasteiger partial charge in [-0.15, -0.1) is 0 Å². The van der Waals surface area contributed by atoms with Gasteiger partial charge < -0.3 is 24.4 Å². The first-order valence-corrected chi connectivity index (χ1v) is 12.3. The van der Waals surface area contributed by atoms with Gasteiger partial charge in [-0.05, 0) is 71.9 Å². The molecule has 2 unspecified atom stereocenters. The highest BCUT2D eigenvalue weighted by Gasteiger charge is 2.53. The first-order valence-electron chi connectivity index (χ1n) is 12.3. The average molecular weight is 472 g/mol. The van der Waals surface area contributed by atoms with Crippen LogP contribution in [0.2, 0.25) is 0 Å². The summed E-state index contributed by atoms with van der Waals surface area (Å²) >= 11 is 0. The number of benzene rings is 1. The number of carbonyl (C=O) groups excluding carboxylic acids is 2. The number of carbonyl (C=O) groups is 2. The van der Waals surface area contributed by atoms with Crippen LogP contribution >= 0.6 is 0 Å². The molecule has 4 rings (SSSR count). The molecule has 1 aliphatic carbocycles. The Kier molecular flexibility index (Phi) is 7.28. The van der Waals surface area contributed by atoms with Crippen molar-refractivity contribution in [3.63, 3.8) is 0 Å². The minimum absolute atomic E-state index is 0.0491. The normalized spacial score (nSPS) is 27.6. The van der Waals surface area contributed by atoms with Crippen molar-refractivity contribution in [2.24, 2.45) is 4.99 Å². The molecule has 8 nitrogen and oxygen atoms in total. The second-order valence-corrected chi connectivity index (χ2v) is 10.7. The second-order valence-electron chi connectivity index (χ2n) is 10.7. The van der Waals surface area contributed by atoms with Crippen LogP contribution in [-0.4, -0.2) is 72.3 Å². The Bertz CT molecular complexity index is 913. The molecule has 0 bridgehead atoms. The summed E-state index contributed by atoms with van der Waals surface area (Å²) < 4.78 is 17.6. The monoisotopic (exact) mass is 471 g/mol. The van der Waals surface area contributed by atoms with E-state index >= 15 is 0 Å². The molecular formula is C26H37N3O5. The molecule has 2 atom stereocenters. The Balaban J connectivity index is 1.38. The van der Waals surface area contributed by atoms with Gasteiger partial charge in [-0.2, -0.15) is 0 Å². The van der Waals surface area contributed by atoms with Crippen LogP contribution in [0.3, 0.4) is 0 Å². The van der Waals surface area contributed by atoms with Crippen molar-refractivity contribution >= 4 is 23.4 Å². The van der Waals surface area contributed by atoms with Crippen LogP contribution in [0.5, 0.6) is 0 Å². The van der Waals surface area contributed by atoms with Gasteiger partial charge in [0.2, 0.25) is 5.91 Å². The van der Waals surface area contributed by atoms with E-state index in [1.165, 1.54) is 11.3 Å². The van der Waals surface area contributed by atoms with E-state index in [2.05, 4.69) is 36.5 Å². The van der Waals surface area contributed by atoms with E-state index in [4.69, 9.17) is 19.2 Å². The maximum absolute atomic E-state index is 12.9. The van der Waals surface area contributed by atoms with Gasteiger partial charge in [0.05, 0.1) is 36.6 Å². The highest BCUT2D eigenvalue weighted by Crippen LogP contribution is 2.33. The molecule has 2 saturated heterocycles. The van der Waals surface area contributed by atoms with Gasteiger partial charge in [0, 0.05) is 12.3 Å². The number of amides is 2. The molecule has 0 radical (unpaired) electrons. The lowest BCUT2D eigenvalue weighted by Crippen LogP contribution is -2.65. The van der Waals surface area contributed by atoms with Crippen molar-refractivity contribution < 1.29 is 23.8 Å². The SMILES string of the molecule is Cc1ccc(N=C2CCC(OCC3N(C(=O)OC(C)(C)C)CCC34COCC(=O)N4)CC2)cc1. The third-order valence-electron chi connectivity index (χ3n) is 6.74. The predicted molar refractivity (Wildman–Crippen MR) is 130 cm³/mol. The largest absolute Gasteiger partial charge is 0.444 e. The number of nitrogens with one attached hydrogen (secondary N) is 1. The third kappa shape index (κ3) is 5.96. The van der Waals surface area contributed by atoms with E-state index < -0.39 is 11.1 Å². The molecule has 34 heavy (non-hydrogen) atoms. The molecule has 1 N–H and O–H groups in total. The number of aryl methyl sites for hydroxylation is 1. The summed E-state index contributed by atoms with van der Waals surface area (Å²) in [6.45, 7) is 8.87. The lowest BCUT2D eigenvalue weighted by atomic mass is 9.90. The lowest BCUT2D eigenvalue weighted by molar-refractivity contribution is -0.137. The van der Waals surface area contributed by atoms with Gasteiger partial charge >= 0.3 is 6.09 Å². The quantitative estimate of drug-likeness (QED) is 0.719. The fourth-order valence-corrected chi connectivity index (χ4v) is 4.95. The maximum Gasteiger partial charge on any atom is 0.410 e. The molecule has 186 valence electrons. The molecule has 1 aromatic rings. The molecule has 2 aliphatic heterocycles. The summed E-state index contributed by atoms with van der Waals surface area (Å²) in [5, 5.41) is 3.10. The Morgan fingerprint density at radius 3 is 2.59 bits per heavy atom. The number of hydrogen-bond donors (Lipinski definition) is 1. The van der Waals surface area contributed by atoms with Crippen LogP contribution < -0.4 is 5.32 Å². The van der Waals surface area contributed by atoms with Gasteiger partial charge in [0.1, 0.15) is 12.2 Å². The minimum atomic E-state index is -0.640. The number of likely N-dealkylation sites (tertiary alicyclic amines) is 1. The molecule has 0 aromatic heterocycles. The van der Waals surface area contributed by atoms with E-state index in [0.29, 0.717) is 26.2 Å². The van der Waals surface area contributed by atoms with Crippen molar-refractivity contribution in [2.75, 3.05) is 26.4 Å². The van der Waals surface area contributed by atoms with E-state index in [-0.39, 0.29) is 30.8 Å². The van der Waals surface area contributed by atoms with E-state index in [0.717, 1.165) is 31.4 Å². The summed E-state index contributed by atoms with van der Waals surface area (Å²) in [6.07, 6.45) is 3.89. The lowest BCUT2D eigenvalue weighted by Gasteiger charge is -2.41. The van der Waals surface area contributed by atoms with E-state index in [9.17, 15) is 9.59 Å². The fraction of sp³-hybridized carbons (Fsp3) is 0.654. The first-order chi connectivity index (χ1) is 16.1. The third-order valence-corrected chi connectivity index (χ3v) is 6.74. The van der Waals surface area contributed by atoms with Crippen LogP contribution in [0, 0.1) is 6.92 Å². The van der Waals surface area contributed by atoms with Crippen LogP contribution in [-0.2, 0) is 19.0 Å². The first kappa shape index (κ1) is 24.7. The summed E-state index contributed by atoms with van der Waals surface area (Å²) in [6, 6.07) is 7.92. The van der Waals surface area contributed by atoms with Gasteiger partial charge in [-0.25, -0.2) is 4.79 Å². The second kappa shape index (κ2) is 10.0. The number of morpholine rings is 1. The number of aliphatic imine (C=N–C) groups is 1. The van der Waals surface area contributed by atoms with E-state index in [1.807, 2.05) is 20.8 Å². The molecule has 3 aliphatic rings. The number of nitrogens with zero attached hydrogens (tertiary/aromatic N) is 2. The van der Waals surface area contributed by atoms with Crippen LogP contribution in [0.15, 0.2) is 29.3 Å². The fourth-order valence-electron chi connectivity index (χ4n) is 4.95. The molecule has 8 heteroatoms. The van der Waals surface area contributed by atoms with Crippen molar-refractivity contribution in [3.05, 3.63) is 29.8 Å². The van der Waals surface area contributed by atoms with Gasteiger partial charge in [-0.3, -0.25) is 9.79 Å². The minimum Gasteiger partial charge on any atom is -0.444 e. The Labute approximate surface area is 202 Å². The Morgan fingerprint density at radius 2 is 1.94 bits per heavy atom. The number of rotatable bonds is 4. The highest BCUT2D eigenvalue weighted by atomic mass is 16.6. The van der Waals surface area contributed by atoms with Crippen molar-refractivity contribution in [2.45, 2.75) is 83.1 Å². The predicted octanol–water partition coefficient (Wildman–Crippen LogP) is 3.92. The Morgan fingerprint density at radius 1 is 1.24 bits per heavy atom. The van der Waals surface area contributed by atoms with Crippen LogP contribution in [0.25, 0.3) is 0 Å². The Hall–Kier alpha value is -2.45. The summed E-state index contributed by atoms with van der Waals surface area (Å²) in [4.78, 5) is 31.6. The molecular weight excluding hydrogens is 434 g/mol. The zero-order valence-electron chi connectivity index (χ0n) is 20.8. The summed E-state index contributed by atoms with van der Waals surface area (Å²) in [7, 11) is 0. The molecule has 2 amide bonds. The molecule has 1 spiro atoms. The smallest absolute Gasteiger partial charge is 0.410 e. The highest BCUT2D eigenvalue weighted by molar-refractivity contribution is 5.87. The zero-order valence-corrected chi connectivity index (χ0v) is 20.8. The van der Waals surface area contributed by atoms with Gasteiger partial charge in [0.25, 0.3) is 0 Å². The summed E-state index contributed by atoms with van der Waals surface area (Å²) in [5.41, 5.74) is 2.18. The molecule has 1 aromatic carbocycles. The maximum atomic E-state index is 12.9. The summed E-state index contributed by atoms with van der Waals surface area (Å²) in [5.74, 6) is -0.156. The average Bonchev–Trinajstić information content (AvgIpc) is 3.11. The molecule has 2 heterocycles. The number of ether oxygens (including phenoxy) is 3. The van der Waals surface area contributed by atoms with Crippen molar-refractivity contribution in [3.8, 4) is 0 Å². The van der Waals surface area contributed by atoms with Crippen LogP contribution in [0.4, 0.5) is 10.5 Å². The standard InChI is InChI=1S/C26H37N3O5/c1-18-5-7-19(8-6-18)27-20-9-11-21(12-10-20)33-15-22-26(17-32-16-23(30)28-26)13-14-29(22)24(31)34-25(2,3)4/h5-8,21-22H,9-17H2,1-4H3,(H,28,30). The van der Waals surface area contributed by atoms with Gasteiger partial charge in [0.15, 0.2) is 0 Å². The van der Waals surface area contributed by atoms with E-state index in [1.54, 1.807) is 4.90 Å².